The lowest BCUT2D eigenvalue weighted by atomic mass is 10.3. The Balaban J connectivity index is 2.15. The first-order valence-electron chi connectivity index (χ1n) is 6.30. The van der Waals surface area contributed by atoms with E-state index in [1.54, 1.807) is 31.2 Å². The van der Waals surface area contributed by atoms with Gasteiger partial charge in [0.05, 0.1) is 15.7 Å². The number of anilines is 2. The van der Waals surface area contributed by atoms with E-state index in [0.29, 0.717) is 21.3 Å². The van der Waals surface area contributed by atoms with Crippen molar-refractivity contribution in [3.8, 4) is 0 Å². The van der Waals surface area contributed by atoms with Crippen LogP contribution in [0, 0.1) is 0 Å². The highest BCUT2D eigenvalue weighted by atomic mass is 35.5. The van der Waals surface area contributed by atoms with Gasteiger partial charge in [0.25, 0.3) is 0 Å². The predicted octanol–water partition coefficient (Wildman–Crippen LogP) is 3.06. The van der Waals surface area contributed by atoms with E-state index in [1.807, 2.05) is 18.2 Å². The number of carbonyl (C=O) groups excluding carboxylic acids is 1. The van der Waals surface area contributed by atoms with E-state index >= 15 is 0 Å². The molecule has 6 heteroatoms. The minimum Gasteiger partial charge on any atom is -0.398 e. The molecule has 2 unspecified atom stereocenters. The zero-order valence-electron chi connectivity index (χ0n) is 11.4. The summed E-state index contributed by atoms with van der Waals surface area (Å²) in [7, 11) is -1.58. The van der Waals surface area contributed by atoms with Crippen molar-refractivity contribution in [2.24, 2.45) is 0 Å². The minimum atomic E-state index is -1.58. The monoisotopic (exact) mass is 322 g/mol. The van der Waals surface area contributed by atoms with Crippen LogP contribution in [0.4, 0.5) is 11.4 Å². The lowest BCUT2D eigenvalue weighted by Gasteiger charge is -2.13. The summed E-state index contributed by atoms with van der Waals surface area (Å²) in [5.41, 5.74) is 6.81. The number of hydrogen-bond acceptors (Lipinski definition) is 3. The zero-order valence-corrected chi connectivity index (χ0v) is 12.9. The lowest BCUT2D eigenvalue weighted by molar-refractivity contribution is -0.115. The fourth-order valence-corrected chi connectivity index (χ4v) is 3.15. The van der Waals surface area contributed by atoms with E-state index < -0.39 is 16.0 Å². The van der Waals surface area contributed by atoms with Gasteiger partial charge in [-0.25, -0.2) is 0 Å². The van der Waals surface area contributed by atoms with Crippen LogP contribution in [-0.2, 0) is 15.6 Å². The highest BCUT2D eigenvalue weighted by Gasteiger charge is 2.23. The molecule has 110 valence electrons. The van der Waals surface area contributed by atoms with E-state index in [0.717, 1.165) is 0 Å². The molecule has 2 rings (SSSR count). The van der Waals surface area contributed by atoms with Crippen molar-refractivity contribution in [1.82, 2.24) is 0 Å². The Morgan fingerprint density at radius 2 is 1.90 bits per heavy atom. The summed E-state index contributed by atoms with van der Waals surface area (Å²) in [4.78, 5) is 12.5. The number of para-hydroxylation sites is 1. The molecule has 2 aromatic rings. The van der Waals surface area contributed by atoms with Crippen molar-refractivity contribution in [1.29, 1.82) is 0 Å². The summed E-state index contributed by atoms with van der Waals surface area (Å²) < 4.78 is 12.5. The molecule has 1 amide bonds. The van der Waals surface area contributed by atoms with Gasteiger partial charge in [-0.2, -0.15) is 0 Å². The summed E-state index contributed by atoms with van der Waals surface area (Å²) in [5, 5.41) is 2.41. The molecule has 4 nitrogen and oxygen atoms in total. The first kappa shape index (κ1) is 15.5. The Hall–Kier alpha value is -1.85. The number of benzene rings is 2. The number of halogens is 1. The second kappa shape index (κ2) is 6.74. The molecular formula is C15H15ClN2O2S. The first-order valence-corrected chi connectivity index (χ1v) is 7.89. The molecule has 0 aliphatic carbocycles. The molecule has 0 radical (unpaired) electrons. The van der Waals surface area contributed by atoms with Gasteiger partial charge in [0, 0.05) is 16.4 Å². The molecular weight excluding hydrogens is 308 g/mol. The third-order valence-electron chi connectivity index (χ3n) is 2.92. The summed E-state index contributed by atoms with van der Waals surface area (Å²) in [6.07, 6.45) is 0. The number of nitrogens with one attached hydrogen (secondary N) is 1. The molecule has 0 saturated carbocycles. The molecule has 21 heavy (non-hydrogen) atoms. The van der Waals surface area contributed by atoms with Crippen LogP contribution in [0.15, 0.2) is 53.4 Å². The Morgan fingerprint density at radius 1 is 1.24 bits per heavy atom. The number of hydrogen-bond donors (Lipinski definition) is 2. The Labute approximate surface area is 130 Å². The van der Waals surface area contributed by atoms with Crippen molar-refractivity contribution >= 4 is 39.7 Å². The van der Waals surface area contributed by atoms with Crippen LogP contribution >= 0.6 is 11.6 Å². The predicted molar refractivity (Wildman–Crippen MR) is 86.8 cm³/mol. The van der Waals surface area contributed by atoms with Crippen LogP contribution in [0.5, 0.6) is 0 Å². The van der Waals surface area contributed by atoms with Crippen molar-refractivity contribution in [2.75, 3.05) is 11.1 Å². The molecule has 0 aliphatic heterocycles. The molecule has 0 bridgehead atoms. The van der Waals surface area contributed by atoms with Crippen LogP contribution in [-0.4, -0.2) is 15.4 Å². The maximum absolute atomic E-state index is 12.5. The van der Waals surface area contributed by atoms with E-state index in [-0.39, 0.29) is 5.91 Å². The molecule has 0 spiro atoms. The third kappa shape index (κ3) is 3.83. The fraction of sp³-hybridized carbons (Fsp3) is 0.133. The summed E-state index contributed by atoms with van der Waals surface area (Å²) in [6, 6.07) is 13.7. The first-order chi connectivity index (χ1) is 9.99. The number of rotatable bonds is 4. The van der Waals surface area contributed by atoms with Crippen molar-refractivity contribution in [3.05, 3.63) is 53.6 Å². The summed E-state index contributed by atoms with van der Waals surface area (Å²) in [6.45, 7) is 1.59. The van der Waals surface area contributed by atoms with Gasteiger partial charge in [0.2, 0.25) is 5.91 Å². The SMILES string of the molecule is CC(C(=O)Nc1ccccc1)S(=O)c1cc(Cl)ccc1N. The highest BCUT2D eigenvalue weighted by Crippen LogP contribution is 2.23. The summed E-state index contributed by atoms with van der Waals surface area (Å²) in [5.74, 6) is -0.334. The minimum absolute atomic E-state index is 0.334. The van der Waals surface area contributed by atoms with Crippen molar-refractivity contribution in [3.63, 3.8) is 0 Å². The van der Waals surface area contributed by atoms with Crippen LogP contribution in [0.25, 0.3) is 0 Å². The van der Waals surface area contributed by atoms with Gasteiger partial charge in [0.1, 0.15) is 5.25 Å². The molecule has 0 aromatic heterocycles. The molecule has 0 heterocycles. The normalized spacial score (nSPS) is 13.4. The molecule has 0 aliphatic rings. The number of carbonyl (C=O) groups is 1. The van der Waals surface area contributed by atoms with E-state index in [9.17, 15) is 9.00 Å². The standard InChI is InChI=1S/C15H15ClN2O2S/c1-10(15(19)18-12-5-3-2-4-6-12)21(20)14-9-11(16)7-8-13(14)17/h2-10H,17H2,1H3,(H,18,19). The largest absolute Gasteiger partial charge is 0.398 e. The van der Waals surface area contributed by atoms with Gasteiger partial charge in [-0.05, 0) is 37.3 Å². The Kier molecular flexibility index (Phi) is 4.98. The molecule has 2 atom stereocenters. The Bertz CT molecular complexity index is 677. The average molecular weight is 323 g/mol. The second-order valence-corrected chi connectivity index (χ2v) is 6.66. The maximum Gasteiger partial charge on any atom is 0.240 e. The van der Waals surface area contributed by atoms with E-state index in [2.05, 4.69) is 5.32 Å². The number of nitrogens with two attached hydrogens (primary N) is 1. The maximum atomic E-state index is 12.5. The molecule has 2 aromatic carbocycles. The van der Waals surface area contributed by atoms with Crippen molar-refractivity contribution in [2.45, 2.75) is 17.1 Å². The van der Waals surface area contributed by atoms with Crippen LogP contribution in [0.1, 0.15) is 6.92 Å². The third-order valence-corrected chi connectivity index (χ3v) is 4.80. The van der Waals surface area contributed by atoms with Gasteiger partial charge < -0.3 is 11.1 Å². The average Bonchev–Trinajstić information content (AvgIpc) is 2.49. The topological polar surface area (TPSA) is 72.2 Å². The van der Waals surface area contributed by atoms with Crippen LogP contribution < -0.4 is 11.1 Å². The smallest absolute Gasteiger partial charge is 0.240 e. The lowest BCUT2D eigenvalue weighted by Crippen LogP contribution is -2.29. The molecule has 0 fully saturated rings. The highest BCUT2D eigenvalue weighted by molar-refractivity contribution is 7.86. The van der Waals surface area contributed by atoms with E-state index in [4.69, 9.17) is 17.3 Å². The molecule has 0 saturated heterocycles. The van der Waals surface area contributed by atoms with Gasteiger partial charge in [-0.15, -0.1) is 0 Å². The van der Waals surface area contributed by atoms with Crippen LogP contribution in [0.2, 0.25) is 5.02 Å². The Morgan fingerprint density at radius 3 is 2.57 bits per heavy atom. The summed E-state index contributed by atoms with van der Waals surface area (Å²) >= 11 is 5.88. The fourth-order valence-electron chi connectivity index (χ4n) is 1.74. The van der Waals surface area contributed by atoms with Gasteiger partial charge in [-0.3, -0.25) is 9.00 Å². The molecule has 3 N–H and O–H groups in total. The van der Waals surface area contributed by atoms with Gasteiger partial charge >= 0.3 is 0 Å². The zero-order chi connectivity index (χ0) is 15.4. The van der Waals surface area contributed by atoms with Crippen LogP contribution in [0.3, 0.4) is 0 Å². The number of amides is 1. The van der Waals surface area contributed by atoms with Gasteiger partial charge in [0.15, 0.2) is 0 Å². The quantitative estimate of drug-likeness (QED) is 0.850. The number of nitrogen functional groups attached to an aromatic ring is 1. The second-order valence-electron chi connectivity index (χ2n) is 4.48. The van der Waals surface area contributed by atoms with E-state index in [1.165, 1.54) is 6.07 Å². The van der Waals surface area contributed by atoms with Gasteiger partial charge in [-0.1, -0.05) is 29.8 Å². The van der Waals surface area contributed by atoms with Crippen molar-refractivity contribution < 1.29 is 9.00 Å².